The Morgan fingerprint density at radius 1 is 1.17 bits per heavy atom. The summed E-state index contributed by atoms with van der Waals surface area (Å²) < 4.78 is 1.10. The maximum atomic E-state index is 5.97. The van der Waals surface area contributed by atoms with Crippen molar-refractivity contribution in [2.45, 2.75) is 19.9 Å². The first-order valence-electron chi connectivity index (χ1n) is 4.12. The minimum absolute atomic E-state index is 0.151. The Morgan fingerprint density at radius 3 is 2.08 bits per heavy atom. The van der Waals surface area contributed by atoms with E-state index >= 15 is 0 Å². The molecule has 2 N–H and O–H groups in total. The van der Waals surface area contributed by atoms with Crippen LogP contribution in [0.25, 0.3) is 0 Å². The first-order chi connectivity index (χ1) is 5.61. The third-order valence-corrected chi connectivity index (χ3v) is 2.50. The van der Waals surface area contributed by atoms with Gasteiger partial charge >= 0.3 is 0 Å². The van der Waals surface area contributed by atoms with E-state index < -0.39 is 0 Å². The first kappa shape index (κ1) is 9.75. The molecule has 0 aliphatic rings. The van der Waals surface area contributed by atoms with Crippen LogP contribution in [0.1, 0.15) is 25.5 Å². The number of nitrogens with two attached hydrogens (primary N) is 1. The summed E-state index contributed by atoms with van der Waals surface area (Å²) in [5, 5.41) is 0. The lowest BCUT2D eigenvalue weighted by Gasteiger charge is -2.15. The van der Waals surface area contributed by atoms with Gasteiger partial charge in [0.15, 0.2) is 0 Å². The molecule has 0 aliphatic heterocycles. The minimum atomic E-state index is 0.151. The van der Waals surface area contributed by atoms with Crippen molar-refractivity contribution in [1.29, 1.82) is 0 Å². The number of benzene rings is 1. The Bertz CT molecular complexity index is 241. The highest BCUT2D eigenvalue weighted by atomic mass is 79.9. The Morgan fingerprint density at radius 2 is 1.67 bits per heavy atom. The van der Waals surface area contributed by atoms with Gasteiger partial charge in [0, 0.05) is 10.5 Å². The molecule has 0 aromatic heterocycles. The van der Waals surface area contributed by atoms with Gasteiger partial charge in [-0.15, -0.1) is 0 Å². The highest BCUT2D eigenvalue weighted by Crippen LogP contribution is 2.20. The van der Waals surface area contributed by atoms with Gasteiger partial charge in [0.25, 0.3) is 0 Å². The summed E-state index contributed by atoms with van der Waals surface area (Å²) in [6.07, 6.45) is 0. The molecule has 0 saturated heterocycles. The molecule has 0 fully saturated rings. The lowest BCUT2D eigenvalue weighted by atomic mass is 9.97. The molecule has 1 aromatic rings. The predicted octanol–water partition coefficient (Wildman–Crippen LogP) is 3.10. The Labute approximate surface area is 82.1 Å². The van der Waals surface area contributed by atoms with Gasteiger partial charge in [0.2, 0.25) is 0 Å². The van der Waals surface area contributed by atoms with Gasteiger partial charge < -0.3 is 5.73 Å². The van der Waals surface area contributed by atoms with E-state index in [2.05, 4.69) is 41.9 Å². The van der Waals surface area contributed by atoms with Crippen LogP contribution in [0.3, 0.4) is 0 Å². The fraction of sp³-hybridized carbons (Fsp3) is 0.400. The lowest BCUT2D eigenvalue weighted by molar-refractivity contribution is 0.514. The van der Waals surface area contributed by atoms with Crippen molar-refractivity contribution < 1.29 is 0 Å². The van der Waals surface area contributed by atoms with E-state index in [-0.39, 0.29) is 6.04 Å². The number of hydrogen-bond acceptors (Lipinski definition) is 1. The highest BCUT2D eigenvalue weighted by Gasteiger charge is 2.08. The van der Waals surface area contributed by atoms with Crippen molar-refractivity contribution in [2.24, 2.45) is 11.7 Å². The van der Waals surface area contributed by atoms with Crippen LogP contribution in [-0.4, -0.2) is 0 Å². The van der Waals surface area contributed by atoms with Crippen LogP contribution in [0, 0.1) is 5.92 Å². The summed E-state index contributed by atoms with van der Waals surface area (Å²) in [4.78, 5) is 0. The van der Waals surface area contributed by atoms with Crippen LogP contribution in [0.5, 0.6) is 0 Å². The van der Waals surface area contributed by atoms with Gasteiger partial charge in [-0.25, -0.2) is 0 Å². The first-order valence-corrected chi connectivity index (χ1v) is 4.91. The summed E-state index contributed by atoms with van der Waals surface area (Å²) in [7, 11) is 0. The smallest absolute Gasteiger partial charge is 0.0318 e. The molecule has 1 rings (SSSR count). The summed E-state index contributed by atoms with van der Waals surface area (Å²) in [6, 6.07) is 8.33. The SMILES string of the molecule is CC(C)C(N)c1ccc(Br)cc1. The molecular weight excluding hydrogens is 214 g/mol. The molecule has 0 heterocycles. The molecule has 0 saturated carbocycles. The van der Waals surface area contributed by atoms with E-state index in [4.69, 9.17) is 5.73 Å². The van der Waals surface area contributed by atoms with E-state index in [9.17, 15) is 0 Å². The Balaban J connectivity index is 2.82. The predicted molar refractivity (Wildman–Crippen MR) is 55.9 cm³/mol. The van der Waals surface area contributed by atoms with E-state index in [1.807, 2.05) is 12.1 Å². The molecule has 66 valence electrons. The normalized spacial score (nSPS) is 13.4. The molecule has 0 radical (unpaired) electrons. The molecule has 1 unspecified atom stereocenters. The molecular formula is C10H14BrN. The van der Waals surface area contributed by atoms with Crippen molar-refractivity contribution in [1.82, 2.24) is 0 Å². The molecule has 1 nitrogen and oxygen atoms in total. The fourth-order valence-electron chi connectivity index (χ4n) is 1.07. The van der Waals surface area contributed by atoms with Gasteiger partial charge in [0.05, 0.1) is 0 Å². The molecule has 1 atom stereocenters. The zero-order chi connectivity index (χ0) is 9.14. The van der Waals surface area contributed by atoms with Gasteiger partial charge in [-0.1, -0.05) is 41.9 Å². The zero-order valence-electron chi connectivity index (χ0n) is 7.42. The molecule has 0 spiro atoms. The largest absolute Gasteiger partial charge is 0.324 e. The van der Waals surface area contributed by atoms with Crippen LogP contribution in [0.15, 0.2) is 28.7 Å². The molecule has 1 aromatic carbocycles. The maximum absolute atomic E-state index is 5.97. The van der Waals surface area contributed by atoms with Crippen LogP contribution in [0.2, 0.25) is 0 Å². The second kappa shape index (κ2) is 4.06. The Kier molecular flexibility index (Phi) is 3.29. The fourth-order valence-corrected chi connectivity index (χ4v) is 1.33. The average molecular weight is 228 g/mol. The molecule has 2 heteroatoms. The van der Waals surface area contributed by atoms with Crippen molar-refractivity contribution in [3.05, 3.63) is 34.3 Å². The quantitative estimate of drug-likeness (QED) is 0.826. The molecule has 12 heavy (non-hydrogen) atoms. The summed E-state index contributed by atoms with van der Waals surface area (Å²) in [6.45, 7) is 4.26. The van der Waals surface area contributed by atoms with Crippen molar-refractivity contribution in [3.8, 4) is 0 Å². The van der Waals surface area contributed by atoms with Gasteiger partial charge in [-0.3, -0.25) is 0 Å². The monoisotopic (exact) mass is 227 g/mol. The van der Waals surface area contributed by atoms with E-state index in [1.54, 1.807) is 0 Å². The lowest BCUT2D eigenvalue weighted by Crippen LogP contribution is -2.16. The van der Waals surface area contributed by atoms with Crippen LogP contribution < -0.4 is 5.73 Å². The number of halogens is 1. The number of hydrogen-bond donors (Lipinski definition) is 1. The minimum Gasteiger partial charge on any atom is -0.324 e. The van der Waals surface area contributed by atoms with Crippen molar-refractivity contribution >= 4 is 15.9 Å². The van der Waals surface area contributed by atoms with E-state index in [1.165, 1.54) is 5.56 Å². The Hall–Kier alpha value is -0.340. The summed E-state index contributed by atoms with van der Waals surface area (Å²) >= 11 is 3.39. The topological polar surface area (TPSA) is 26.0 Å². The van der Waals surface area contributed by atoms with Crippen molar-refractivity contribution in [2.75, 3.05) is 0 Å². The third kappa shape index (κ3) is 2.32. The zero-order valence-corrected chi connectivity index (χ0v) is 9.01. The number of rotatable bonds is 2. The average Bonchev–Trinajstić information content (AvgIpc) is 2.04. The van der Waals surface area contributed by atoms with Crippen molar-refractivity contribution in [3.63, 3.8) is 0 Å². The van der Waals surface area contributed by atoms with E-state index in [0.29, 0.717) is 5.92 Å². The van der Waals surface area contributed by atoms with Crippen LogP contribution in [-0.2, 0) is 0 Å². The van der Waals surface area contributed by atoms with Crippen LogP contribution >= 0.6 is 15.9 Å². The van der Waals surface area contributed by atoms with Gasteiger partial charge in [0.1, 0.15) is 0 Å². The molecule has 0 aliphatic carbocycles. The maximum Gasteiger partial charge on any atom is 0.0318 e. The molecule has 0 amide bonds. The third-order valence-electron chi connectivity index (χ3n) is 1.97. The van der Waals surface area contributed by atoms with E-state index in [0.717, 1.165) is 4.47 Å². The summed E-state index contributed by atoms with van der Waals surface area (Å²) in [5.41, 5.74) is 7.17. The molecule has 0 bridgehead atoms. The second-order valence-corrected chi connectivity index (χ2v) is 4.24. The highest BCUT2D eigenvalue weighted by molar-refractivity contribution is 9.10. The van der Waals surface area contributed by atoms with Crippen LogP contribution in [0.4, 0.5) is 0 Å². The van der Waals surface area contributed by atoms with Gasteiger partial charge in [-0.2, -0.15) is 0 Å². The summed E-state index contributed by atoms with van der Waals surface area (Å²) in [5.74, 6) is 0.492. The second-order valence-electron chi connectivity index (χ2n) is 3.32. The standard InChI is InChI=1S/C10H14BrN/c1-7(2)10(12)8-3-5-9(11)6-4-8/h3-7,10H,12H2,1-2H3. The van der Waals surface area contributed by atoms with Gasteiger partial charge in [-0.05, 0) is 23.6 Å².